The van der Waals surface area contributed by atoms with E-state index in [1.807, 2.05) is 37.3 Å². The molecule has 1 N–H and O–H groups in total. The second-order valence-corrected chi connectivity index (χ2v) is 7.22. The Balaban J connectivity index is 1.76. The summed E-state index contributed by atoms with van der Waals surface area (Å²) in [7, 11) is -3.45. The van der Waals surface area contributed by atoms with Crippen molar-refractivity contribution >= 4 is 26.5 Å². The molecule has 1 aromatic carbocycles. The van der Waals surface area contributed by atoms with Gasteiger partial charge in [-0.1, -0.05) is 48.6 Å². The molecule has 0 aliphatic heterocycles. The van der Waals surface area contributed by atoms with Crippen LogP contribution in [0.4, 0.5) is 5.13 Å². The Kier molecular flexibility index (Phi) is 5.66. The van der Waals surface area contributed by atoms with Gasteiger partial charge in [0, 0.05) is 0 Å². The van der Waals surface area contributed by atoms with Crippen LogP contribution in [0.3, 0.4) is 0 Å². The first-order valence-electron chi connectivity index (χ1n) is 6.53. The minimum Gasteiger partial charge on any atom is -0.376 e. The average Bonchev–Trinajstić information content (AvgIpc) is 2.91. The minimum atomic E-state index is -3.45. The molecule has 21 heavy (non-hydrogen) atoms. The van der Waals surface area contributed by atoms with E-state index in [0.29, 0.717) is 11.7 Å². The summed E-state index contributed by atoms with van der Waals surface area (Å²) in [6.07, 6.45) is 0.736. The van der Waals surface area contributed by atoms with Gasteiger partial charge in [-0.15, -0.1) is 10.2 Å². The van der Waals surface area contributed by atoms with Gasteiger partial charge >= 0.3 is 0 Å². The summed E-state index contributed by atoms with van der Waals surface area (Å²) in [5.41, 5.74) is 1.01. The van der Waals surface area contributed by atoms with Crippen LogP contribution in [0.2, 0.25) is 0 Å². The molecule has 0 amide bonds. The Bertz CT molecular complexity index is 656. The molecule has 0 fully saturated rings. The number of nitrogens with one attached hydrogen (secondary N) is 1. The Morgan fingerprint density at radius 2 is 2.00 bits per heavy atom. The number of aromatic nitrogens is 2. The maximum absolute atomic E-state index is 11.9. The molecular weight excluding hydrogens is 310 g/mol. The Labute approximate surface area is 128 Å². The summed E-state index contributed by atoms with van der Waals surface area (Å²) in [4.78, 5) is 0. The number of sulfonamides is 1. The first kappa shape index (κ1) is 15.9. The van der Waals surface area contributed by atoms with Gasteiger partial charge < -0.3 is 4.74 Å². The highest BCUT2D eigenvalue weighted by Crippen LogP contribution is 2.16. The zero-order valence-electron chi connectivity index (χ0n) is 11.7. The van der Waals surface area contributed by atoms with Crippen LogP contribution >= 0.6 is 11.3 Å². The minimum absolute atomic E-state index is 0.110. The molecule has 0 saturated carbocycles. The lowest BCUT2D eigenvalue weighted by Gasteiger charge is -2.06. The van der Waals surface area contributed by atoms with Gasteiger partial charge in [0.15, 0.2) is 0 Å². The fourth-order valence-corrected chi connectivity index (χ4v) is 3.38. The van der Waals surface area contributed by atoms with Gasteiger partial charge in [0.25, 0.3) is 0 Å². The molecule has 1 aromatic heterocycles. The molecule has 114 valence electrons. The molecule has 0 saturated heterocycles. The number of hydrogen-bond acceptors (Lipinski definition) is 6. The van der Waals surface area contributed by atoms with Gasteiger partial charge in [0.05, 0.1) is 19.0 Å². The van der Waals surface area contributed by atoms with Crippen LogP contribution < -0.4 is 4.72 Å². The molecule has 2 aromatic rings. The Morgan fingerprint density at radius 3 is 2.67 bits per heavy atom. The highest BCUT2D eigenvalue weighted by atomic mass is 32.2. The van der Waals surface area contributed by atoms with E-state index in [0.717, 1.165) is 17.0 Å². The van der Waals surface area contributed by atoms with E-state index >= 15 is 0 Å². The molecule has 8 heteroatoms. The third-order valence-electron chi connectivity index (χ3n) is 2.62. The summed E-state index contributed by atoms with van der Waals surface area (Å²) < 4.78 is 31.5. The van der Waals surface area contributed by atoms with Crippen molar-refractivity contribution in [1.29, 1.82) is 0 Å². The summed E-state index contributed by atoms with van der Waals surface area (Å²) in [6.45, 7) is 2.47. The Morgan fingerprint density at radius 1 is 1.24 bits per heavy atom. The lowest BCUT2D eigenvalue weighted by atomic mass is 10.2. The SMILES string of the molecule is CCc1nnc(NS(=O)(=O)CCOCc2ccccc2)s1. The van der Waals surface area contributed by atoms with Gasteiger partial charge in [-0.3, -0.25) is 4.72 Å². The van der Waals surface area contributed by atoms with Crippen LogP contribution in [-0.2, 0) is 27.8 Å². The molecule has 0 radical (unpaired) electrons. The maximum Gasteiger partial charge on any atom is 0.236 e. The van der Waals surface area contributed by atoms with Crippen molar-refractivity contribution in [3.05, 3.63) is 40.9 Å². The van der Waals surface area contributed by atoms with Gasteiger partial charge in [0.2, 0.25) is 15.2 Å². The van der Waals surface area contributed by atoms with Crippen LogP contribution in [0.5, 0.6) is 0 Å². The van der Waals surface area contributed by atoms with E-state index in [2.05, 4.69) is 14.9 Å². The van der Waals surface area contributed by atoms with E-state index in [9.17, 15) is 8.42 Å². The van der Waals surface area contributed by atoms with Crippen molar-refractivity contribution < 1.29 is 13.2 Å². The molecule has 0 spiro atoms. The zero-order valence-corrected chi connectivity index (χ0v) is 13.3. The van der Waals surface area contributed by atoms with E-state index in [-0.39, 0.29) is 12.4 Å². The standard InChI is InChI=1S/C13H17N3O3S2/c1-2-12-14-15-13(20-12)16-21(17,18)9-8-19-10-11-6-4-3-5-7-11/h3-7H,2,8-10H2,1H3,(H,15,16). The topological polar surface area (TPSA) is 81.2 Å². The van der Waals surface area contributed by atoms with Crippen molar-refractivity contribution in [2.75, 3.05) is 17.1 Å². The smallest absolute Gasteiger partial charge is 0.236 e. The fraction of sp³-hybridized carbons (Fsp3) is 0.385. The number of ether oxygens (including phenoxy) is 1. The quantitative estimate of drug-likeness (QED) is 0.751. The summed E-state index contributed by atoms with van der Waals surface area (Å²) in [5, 5.41) is 8.75. The first-order chi connectivity index (χ1) is 10.1. The summed E-state index contributed by atoms with van der Waals surface area (Å²) >= 11 is 1.24. The summed E-state index contributed by atoms with van der Waals surface area (Å²) in [5.74, 6) is -0.110. The van der Waals surface area contributed by atoms with Gasteiger partial charge in [-0.25, -0.2) is 8.42 Å². The normalized spacial score (nSPS) is 11.5. The molecule has 0 unspecified atom stereocenters. The third-order valence-corrected chi connectivity index (χ3v) is 4.94. The molecule has 0 bridgehead atoms. The average molecular weight is 327 g/mol. The number of benzene rings is 1. The highest BCUT2D eigenvalue weighted by Gasteiger charge is 2.13. The number of anilines is 1. The second-order valence-electron chi connectivity index (χ2n) is 4.31. The van der Waals surface area contributed by atoms with Crippen molar-refractivity contribution in [1.82, 2.24) is 10.2 Å². The molecular formula is C13H17N3O3S2. The van der Waals surface area contributed by atoms with Crippen LogP contribution in [0.25, 0.3) is 0 Å². The van der Waals surface area contributed by atoms with E-state index in [1.54, 1.807) is 0 Å². The molecule has 1 heterocycles. The van der Waals surface area contributed by atoms with Crippen molar-refractivity contribution in [2.45, 2.75) is 20.0 Å². The van der Waals surface area contributed by atoms with Gasteiger partial charge in [-0.05, 0) is 12.0 Å². The van der Waals surface area contributed by atoms with Gasteiger partial charge in [-0.2, -0.15) is 0 Å². The van der Waals surface area contributed by atoms with Gasteiger partial charge in [0.1, 0.15) is 5.01 Å². The molecule has 2 rings (SSSR count). The fourth-order valence-electron chi connectivity index (χ4n) is 1.55. The molecule has 0 aliphatic carbocycles. The first-order valence-corrected chi connectivity index (χ1v) is 9.00. The van der Waals surface area contributed by atoms with Crippen LogP contribution in [0.15, 0.2) is 30.3 Å². The zero-order chi connectivity index (χ0) is 15.1. The van der Waals surface area contributed by atoms with Crippen molar-refractivity contribution in [3.8, 4) is 0 Å². The number of nitrogens with zero attached hydrogens (tertiary/aromatic N) is 2. The third kappa shape index (κ3) is 5.41. The Hall–Kier alpha value is -1.51. The highest BCUT2D eigenvalue weighted by molar-refractivity contribution is 7.92. The second kappa shape index (κ2) is 7.48. The number of aryl methyl sites for hydroxylation is 1. The van der Waals surface area contributed by atoms with E-state index in [4.69, 9.17) is 4.74 Å². The molecule has 0 atom stereocenters. The predicted molar refractivity (Wildman–Crippen MR) is 82.8 cm³/mol. The number of hydrogen-bond donors (Lipinski definition) is 1. The molecule has 0 aliphatic rings. The lowest BCUT2D eigenvalue weighted by molar-refractivity contribution is 0.135. The monoisotopic (exact) mass is 327 g/mol. The largest absolute Gasteiger partial charge is 0.376 e. The van der Waals surface area contributed by atoms with Crippen LogP contribution in [0.1, 0.15) is 17.5 Å². The lowest BCUT2D eigenvalue weighted by Crippen LogP contribution is -2.20. The summed E-state index contributed by atoms with van der Waals surface area (Å²) in [6, 6.07) is 9.61. The predicted octanol–water partition coefficient (Wildman–Crippen LogP) is 2.06. The van der Waals surface area contributed by atoms with Crippen LogP contribution in [-0.4, -0.2) is 31.0 Å². The molecule has 6 nitrogen and oxygen atoms in total. The van der Waals surface area contributed by atoms with Crippen molar-refractivity contribution in [2.24, 2.45) is 0 Å². The van der Waals surface area contributed by atoms with Crippen LogP contribution in [0, 0.1) is 0 Å². The maximum atomic E-state index is 11.9. The number of rotatable bonds is 8. The van der Waals surface area contributed by atoms with E-state index in [1.165, 1.54) is 11.3 Å². The van der Waals surface area contributed by atoms with E-state index < -0.39 is 10.0 Å². The van der Waals surface area contributed by atoms with Crippen molar-refractivity contribution in [3.63, 3.8) is 0 Å².